The Balaban J connectivity index is 1.99. The van der Waals surface area contributed by atoms with Gasteiger partial charge in [0.25, 0.3) is 0 Å². The van der Waals surface area contributed by atoms with Crippen molar-refractivity contribution < 1.29 is 33.3 Å². The summed E-state index contributed by atoms with van der Waals surface area (Å²) in [6, 6.07) is 0. The highest BCUT2D eigenvalue weighted by molar-refractivity contribution is 6.33. The maximum Gasteiger partial charge on any atom is 0.306 e. The van der Waals surface area contributed by atoms with Crippen LogP contribution in [-0.4, -0.2) is 62.3 Å². The maximum absolute atomic E-state index is 12.1. The number of aromatic nitrogens is 4. The standard InChI is InChI=1S/C19H23ClN4O7/c1-4-11(25)28-7-10-15(30-12(26)5-2)16(31-13(27)6-3)19(29-10)24-9-23-14-17(20)21-8-22-18(14)24/h8-10,15-16,19H,4-7H2,1-3H3/t10-,15-,16-,19-/m1/s1. The normalized spacial score (nSPS) is 23.0. The average molecular weight is 455 g/mol. The van der Waals surface area contributed by atoms with Gasteiger partial charge in [0, 0.05) is 19.3 Å². The van der Waals surface area contributed by atoms with Gasteiger partial charge in [-0.05, 0) is 0 Å². The van der Waals surface area contributed by atoms with Gasteiger partial charge in [0.15, 0.2) is 29.2 Å². The number of ether oxygens (including phenoxy) is 4. The molecule has 0 spiro atoms. The predicted octanol–water partition coefficient (Wildman–Crippen LogP) is 1.97. The van der Waals surface area contributed by atoms with Gasteiger partial charge in [0.05, 0.1) is 6.33 Å². The number of hydrogen-bond donors (Lipinski definition) is 0. The van der Waals surface area contributed by atoms with E-state index >= 15 is 0 Å². The predicted molar refractivity (Wildman–Crippen MR) is 106 cm³/mol. The number of rotatable bonds is 8. The third-order valence-electron chi connectivity index (χ3n) is 4.68. The van der Waals surface area contributed by atoms with E-state index in [0.29, 0.717) is 11.2 Å². The Morgan fingerprint density at radius 2 is 1.65 bits per heavy atom. The van der Waals surface area contributed by atoms with E-state index in [1.807, 2.05) is 0 Å². The molecule has 4 atom stereocenters. The Bertz CT molecular complexity index is 966. The van der Waals surface area contributed by atoms with Crippen molar-refractivity contribution in [2.75, 3.05) is 6.61 Å². The third-order valence-corrected chi connectivity index (χ3v) is 4.96. The molecule has 0 bridgehead atoms. The van der Waals surface area contributed by atoms with Crippen molar-refractivity contribution >= 4 is 40.7 Å². The van der Waals surface area contributed by atoms with Crippen molar-refractivity contribution in [3.63, 3.8) is 0 Å². The van der Waals surface area contributed by atoms with Gasteiger partial charge >= 0.3 is 17.9 Å². The van der Waals surface area contributed by atoms with Crippen LogP contribution in [0.5, 0.6) is 0 Å². The van der Waals surface area contributed by atoms with Crippen LogP contribution in [0.4, 0.5) is 0 Å². The molecule has 1 aliphatic heterocycles. The van der Waals surface area contributed by atoms with Crippen LogP contribution in [0.2, 0.25) is 5.15 Å². The topological polar surface area (TPSA) is 132 Å². The summed E-state index contributed by atoms with van der Waals surface area (Å²) in [5.41, 5.74) is 0.672. The van der Waals surface area contributed by atoms with Crippen molar-refractivity contribution in [3.05, 3.63) is 17.8 Å². The molecule has 0 amide bonds. The van der Waals surface area contributed by atoms with Gasteiger partial charge in [0.1, 0.15) is 24.6 Å². The molecule has 31 heavy (non-hydrogen) atoms. The molecule has 168 valence electrons. The lowest BCUT2D eigenvalue weighted by molar-refractivity contribution is -0.169. The second-order valence-electron chi connectivity index (χ2n) is 6.71. The molecule has 1 saturated heterocycles. The molecule has 1 aliphatic rings. The zero-order valence-electron chi connectivity index (χ0n) is 17.3. The minimum atomic E-state index is -1.03. The fourth-order valence-corrected chi connectivity index (χ4v) is 3.27. The van der Waals surface area contributed by atoms with Gasteiger partial charge in [-0.2, -0.15) is 0 Å². The summed E-state index contributed by atoms with van der Waals surface area (Å²) in [7, 11) is 0. The molecule has 3 rings (SSSR count). The molecule has 2 aromatic rings. The molecule has 2 aromatic heterocycles. The van der Waals surface area contributed by atoms with Crippen LogP contribution < -0.4 is 0 Å². The van der Waals surface area contributed by atoms with Crippen molar-refractivity contribution in [2.24, 2.45) is 0 Å². The molecular formula is C19H23ClN4O7. The van der Waals surface area contributed by atoms with Crippen LogP contribution in [0.1, 0.15) is 46.3 Å². The van der Waals surface area contributed by atoms with Crippen molar-refractivity contribution in [1.82, 2.24) is 19.5 Å². The quantitative estimate of drug-likeness (QED) is 0.331. The van der Waals surface area contributed by atoms with E-state index in [-0.39, 0.29) is 31.0 Å². The summed E-state index contributed by atoms with van der Waals surface area (Å²) < 4.78 is 23.9. The van der Waals surface area contributed by atoms with E-state index < -0.39 is 42.4 Å². The Morgan fingerprint density at radius 1 is 1.00 bits per heavy atom. The monoisotopic (exact) mass is 454 g/mol. The van der Waals surface area contributed by atoms with Crippen molar-refractivity contribution in [2.45, 2.75) is 64.6 Å². The minimum absolute atomic E-state index is 0.103. The summed E-state index contributed by atoms with van der Waals surface area (Å²) in [6.45, 7) is 4.74. The molecule has 11 nitrogen and oxygen atoms in total. The Labute approximate surface area is 183 Å². The highest BCUT2D eigenvalue weighted by Gasteiger charge is 2.51. The zero-order valence-corrected chi connectivity index (χ0v) is 18.1. The molecule has 0 aliphatic carbocycles. The Morgan fingerprint density at radius 3 is 2.29 bits per heavy atom. The molecule has 0 unspecified atom stereocenters. The number of halogens is 1. The van der Waals surface area contributed by atoms with E-state index in [1.165, 1.54) is 17.2 Å². The Kier molecular flexibility index (Phi) is 7.39. The van der Waals surface area contributed by atoms with Crippen LogP contribution in [0, 0.1) is 0 Å². The van der Waals surface area contributed by atoms with E-state index in [2.05, 4.69) is 15.0 Å². The van der Waals surface area contributed by atoms with Crippen molar-refractivity contribution in [1.29, 1.82) is 0 Å². The maximum atomic E-state index is 12.1. The first-order valence-electron chi connectivity index (χ1n) is 9.92. The largest absolute Gasteiger partial charge is 0.463 e. The smallest absolute Gasteiger partial charge is 0.306 e. The summed E-state index contributed by atoms with van der Waals surface area (Å²) in [4.78, 5) is 48.2. The number of carbonyl (C=O) groups is 3. The molecule has 0 radical (unpaired) electrons. The van der Waals surface area contributed by atoms with Gasteiger partial charge in [-0.15, -0.1) is 0 Å². The average Bonchev–Trinajstić information content (AvgIpc) is 3.34. The molecule has 12 heteroatoms. The van der Waals surface area contributed by atoms with Gasteiger partial charge in [-0.1, -0.05) is 32.4 Å². The SMILES string of the molecule is CCC(=O)OC[C@H]1O[C@@H](n2cnc3c(Cl)ncnc32)[C@H](OC(=O)CC)[C@@H]1OC(=O)CC. The van der Waals surface area contributed by atoms with Crippen LogP contribution in [-0.2, 0) is 33.3 Å². The van der Waals surface area contributed by atoms with Gasteiger partial charge < -0.3 is 18.9 Å². The summed E-state index contributed by atoms with van der Waals surface area (Å²) in [5, 5.41) is 0.145. The van der Waals surface area contributed by atoms with Crippen LogP contribution in [0.3, 0.4) is 0 Å². The lowest BCUT2D eigenvalue weighted by atomic mass is 10.1. The highest BCUT2D eigenvalue weighted by Crippen LogP contribution is 2.36. The molecule has 1 fully saturated rings. The third kappa shape index (κ3) is 4.93. The molecule has 0 saturated carbocycles. The Hall–Kier alpha value is -2.79. The molecule has 3 heterocycles. The van der Waals surface area contributed by atoms with E-state index in [0.717, 1.165) is 0 Å². The van der Waals surface area contributed by atoms with Gasteiger partial charge in [-0.25, -0.2) is 15.0 Å². The number of esters is 3. The van der Waals surface area contributed by atoms with Gasteiger partial charge in [0.2, 0.25) is 0 Å². The molecular weight excluding hydrogens is 432 g/mol. The molecule has 0 aromatic carbocycles. The summed E-state index contributed by atoms with van der Waals surface area (Å²) >= 11 is 6.09. The second kappa shape index (κ2) is 10.0. The number of nitrogens with zero attached hydrogens (tertiary/aromatic N) is 4. The number of carbonyl (C=O) groups excluding carboxylic acids is 3. The first-order valence-corrected chi connectivity index (χ1v) is 10.3. The number of imidazole rings is 1. The van der Waals surface area contributed by atoms with Crippen LogP contribution in [0.15, 0.2) is 12.7 Å². The minimum Gasteiger partial charge on any atom is -0.463 e. The highest BCUT2D eigenvalue weighted by atomic mass is 35.5. The zero-order chi connectivity index (χ0) is 22.5. The van der Waals surface area contributed by atoms with E-state index in [9.17, 15) is 14.4 Å². The fraction of sp³-hybridized carbons (Fsp3) is 0.579. The first-order chi connectivity index (χ1) is 14.9. The lowest BCUT2D eigenvalue weighted by Crippen LogP contribution is -2.41. The first kappa shape index (κ1) is 22.9. The lowest BCUT2D eigenvalue weighted by Gasteiger charge is -2.24. The van der Waals surface area contributed by atoms with Crippen LogP contribution in [0.25, 0.3) is 11.2 Å². The molecule has 0 N–H and O–H groups in total. The number of fused-ring (bicyclic) bond motifs is 1. The summed E-state index contributed by atoms with van der Waals surface area (Å²) in [6.07, 6.45) is -0.800. The van der Waals surface area contributed by atoms with E-state index in [1.54, 1.807) is 20.8 Å². The second-order valence-corrected chi connectivity index (χ2v) is 7.06. The van der Waals surface area contributed by atoms with Gasteiger partial charge in [-0.3, -0.25) is 19.0 Å². The number of hydrogen-bond acceptors (Lipinski definition) is 10. The van der Waals surface area contributed by atoms with Crippen LogP contribution >= 0.6 is 11.6 Å². The van der Waals surface area contributed by atoms with E-state index in [4.69, 9.17) is 30.5 Å². The van der Waals surface area contributed by atoms with Crippen molar-refractivity contribution in [3.8, 4) is 0 Å². The summed E-state index contributed by atoms with van der Waals surface area (Å²) in [5.74, 6) is -1.47. The fourth-order valence-electron chi connectivity index (χ4n) is 3.09.